The van der Waals surface area contributed by atoms with Crippen LogP contribution in [0.3, 0.4) is 0 Å². The van der Waals surface area contributed by atoms with Crippen LogP contribution < -0.4 is 0 Å². The lowest BCUT2D eigenvalue weighted by Crippen LogP contribution is -2.04. The van der Waals surface area contributed by atoms with Crippen molar-refractivity contribution in [1.29, 1.82) is 0 Å². The smallest absolute Gasteiger partial charge is 0.0949 e. The maximum Gasteiger partial charge on any atom is 0.0949 e. The minimum absolute atomic E-state index is 0.847. The van der Waals surface area contributed by atoms with E-state index in [1.165, 1.54) is 27.7 Å². The third-order valence-electron chi connectivity index (χ3n) is 4.52. The zero-order valence-electron chi connectivity index (χ0n) is 13.5. The summed E-state index contributed by atoms with van der Waals surface area (Å²) in [5.74, 6) is 0. The molecule has 3 nitrogen and oxygen atoms in total. The van der Waals surface area contributed by atoms with Crippen LogP contribution in [-0.4, -0.2) is 14.1 Å². The Hall–Kier alpha value is -2.33. The van der Waals surface area contributed by atoms with Crippen molar-refractivity contribution in [1.82, 2.24) is 14.1 Å². The molecule has 120 valence electrons. The fraction of sp³-hybridized carbons (Fsp3) is 0.150. The van der Waals surface area contributed by atoms with E-state index in [0.717, 1.165) is 17.6 Å². The first-order valence-corrected chi connectivity index (χ1v) is 8.78. The van der Waals surface area contributed by atoms with Crippen molar-refractivity contribution in [2.24, 2.45) is 0 Å². The van der Waals surface area contributed by atoms with E-state index in [2.05, 4.69) is 85.5 Å². The molecule has 0 unspecified atom stereocenters. The average Bonchev–Trinajstić information content (AvgIpc) is 3.20. The number of hydrogen-bond acceptors (Lipinski definition) is 1. The average molecular weight is 380 g/mol. The molecule has 0 amide bonds. The summed E-state index contributed by atoms with van der Waals surface area (Å²) >= 11 is 3.51. The van der Waals surface area contributed by atoms with E-state index in [9.17, 15) is 0 Å². The van der Waals surface area contributed by atoms with Crippen molar-refractivity contribution >= 4 is 26.8 Å². The van der Waals surface area contributed by atoms with E-state index in [4.69, 9.17) is 0 Å². The van der Waals surface area contributed by atoms with Crippen LogP contribution in [0.4, 0.5) is 0 Å². The standard InChI is InChI=1S/C20H18BrN3/c1-15-19(13-23-11-10-22-14-23)18-4-2-3-5-20(18)24(15)12-16-6-8-17(21)9-7-16/h2-11,14H,12-13H2,1H3. The number of para-hydroxylation sites is 1. The van der Waals surface area contributed by atoms with Crippen molar-refractivity contribution in [2.45, 2.75) is 20.0 Å². The first-order chi connectivity index (χ1) is 11.7. The molecule has 0 aliphatic rings. The zero-order valence-corrected chi connectivity index (χ0v) is 15.1. The van der Waals surface area contributed by atoms with Gasteiger partial charge in [0.2, 0.25) is 0 Å². The van der Waals surface area contributed by atoms with Gasteiger partial charge in [0.25, 0.3) is 0 Å². The molecule has 2 heterocycles. The molecule has 0 atom stereocenters. The first kappa shape index (κ1) is 15.2. The molecular weight excluding hydrogens is 362 g/mol. The molecule has 0 radical (unpaired) electrons. The van der Waals surface area contributed by atoms with Gasteiger partial charge >= 0.3 is 0 Å². The van der Waals surface area contributed by atoms with Crippen molar-refractivity contribution in [3.05, 3.63) is 88.5 Å². The Morgan fingerprint density at radius 3 is 2.54 bits per heavy atom. The minimum atomic E-state index is 0.847. The molecule has 2 aromatic heterocycles. The highest BCUT2D eigenvalue weighted by Gasteiger charge is 2.14. The second-order valence-electron chi connectivity index (χ2n) is 6.03. The van der Waals surface area contributed by atoms with Crippen molar-refractivity contribution in [3.63, 3.8) is 0 Å². The normalized spacial score (nSPS) is 11.2. The molecule has 4 rings (SSSR count). The molecule has 24 heavy (non-hydrogen) atoms. The maximum absolute atomic E-state index is 4.16. The summed E-state index contributed by atoms with van der Waals surface area (Å²) in [5, 5.41) is 1.32. The molecule has 4 aromatic rings. The number of imidazole rings is 1. The minimum Gasteiger partial charge on any atom is -0.340 e. The molecule has 2 aromatic carbocycles. The highest BCUT2D eigenvalue weighted by molar-refractivity contribution is 9.10. The number of benzene rings is 2. The number of halogens is 1. The van der Waals surface area contributed by atoms with Gasteiger partial charge in [0.1, 0.15) is 0 Å². The number of rotatable bonds is 4. The van der Waals surface area contributed by atoms with Crippen LogP contribution in [0.15, 0.2) is 71.7 Å². The van der Waals surface area contributed by atoms with Gasteiger partial charge in [0, 0.05) is 45.6 Å². The Labute approximate surface area is 149 Å². The van der Waals surface area contributed by atoms with E-state index >= 15 is 0 Å². The Bertz CT molecular complexity index is 966. The second-order valence-corrected chi connectivity index (χ2v) is 6.94. The first-order valence-electron chi connectivity index (χ1n) is 7.99. The Morgan fingerprint density at radius 1 is 1.00 bits per heavy atom. The number of hydrogen-bond donors (Lipinski definition) is 0. The highest BCUT2D eigenvalue weighted by atomic mass is 79.9. The van der Waals surface area contributed by atoms with Gasteiger partial charge in [-0.1, -0.05) is 46.3 Å². The molecule has 0 aliphatic heterocycles. The summed E-state index contributed by atoms with van der Waals surface area (Å²) in [6.45, 7) is 3.94. The third kappa shape index (κ3) is 2.78. The lowest BCUT2D eigenvalue weighted by atomic mass is 10.1. The van der Waals surface area contributed by atoms with Crippen molar-refractivity contribution in [3.8, 4) is 0 Å². The summed E-state index contributed by atoms with van der Waals surface area (Å²) < 4.78 is 5.64. The maximum atomic E-state index is 4.16. The quantitative estimate of drug-likeness (QED) is 0.488. The summed E-state index contributed by atoms with van der Waals surface area (Å²) in [5.41, 5.74) is 5.26. The molecule has 0 saturated carbocycles. The van der Waals surface area contributed by atoms with Gasteiger partial charge in [0.15, 0.2) is 0 Å². The molecular formula is C20H18BrN3. The van der Waals surface area contributed by atoms with Gasteiger partial charge < -0.3 is 9.13 Å². The van der Waals surface area contributed by atoms with Crippen LogP contribution in [0, 0.1) is 6.92 Å². The van der Waals surface area contributed by atoms with Crippen LogP contribution >= 0.6 is 15.9 Å². The van der Waals surface area contributed by atoms with Crippen LogP contribution in [-0.2, 0) is 13.1 Å². The van der Waals surface area contributed by atoms with Crippen LogP contribution in [0.25, 0.3) is 10.9 Å². The topological polar surface area (TPSA) is 22.8 Å². The Kier molecular flexibility index (Phi) is 3.98. The van der Waals surface area contributed by atoms with Crippen LogP contribution in [0.1, 0.15) is 16.8 Å². The number of fused-ring (bicyclic) bond motifs is 1. The fourth-order valence-corrected chi connectivity index (χ4v) is 3.51. The highest BCUT2D eigenvalue weighted by Crippen LogP contribution is 2.27. The summed E-state index contributed by atoms with van der Waals surface area (Å²) in [6.07, 6.45) is 5.72. The largest absolute Gasteiger partial charge is 0.340 e. The van der Waals surface area contributed by atoms with Gasteiger partial charge in [-0.05, 0) is 30.7 Å². The molecule has 0 bridgehead atoms. The van der Waals surface area contributed by atoms with Gasteiger partial charge in [0.05, 0.1) is 12.9 Å². The number of nitrogens with zero attached hydrogens (tertiary/aromatic N) is 3. The Balaban J connectivity index is 1.80. The monoisotopic (exact) mass is 379 g/mol. The van der Waals surface area contributed by atoms with Gasteiger partial charge in [-0.25, -0.2) is 4.98 Å². The molecule has 0 fully saturated rings. The van der Waals surface area contributed by atoms with Gasteiger partial charge in [-0.2, -0.15) is 0 Å². The molecule has 4 heteroatoms. The summed E-state index contributed by atoms with van der Waals surface area (Å²) in [7, 11) is 0. The van der Waals surface area contributed by atoms with Crippen molar-refractivity contribution in [2.75, 3.05) is 0 Å². The van der Waals surface area contributed by atoms with Gasteiger partial charge in [-0.3, -0.25) is 0 Å². The fourth-order valence-electron chi connectivity index (χ4n) is 3.24. The van der Waals surface area contributed by atoms with E-state index in [1.807, 2.05) is 18.7 Å². The predicted octanol–water partition coefficient (Wildman–Crippen LogP) is 5.01. The molecule has 0 spiro atoms. The third-order valence-corrected chi connectivity index (χ3v) is 5.04. The molecule has 0 N–H and O–H groups in total. The summed E-state index contributed by atoms with van der Waals surface area (Å²) in [6, 6.07) is 17.2. The molecule has 0 saturated heterocycles. The van der Waals surface area contributed by atoms with E-state index in [-0.39, 0.29) is 0 Å². The van der Waals surface area contributed by atoms with Crippen LogP contribution in [0.2, 0.25) is 0 Å². The lowest BCUT2D eigenvalue weighted by molar-refractivity contribution is 0.760. The van der Waals surface area contributed by atoms with E-state index in [1.54, 1.807) is 0 Å². The SMILES string of the molecule is Cc1c(Cn2ccnc2)c2ccccc2n1Cc1ccc(Br)cc1. The summed E-state index contributed by atoms with van der Waals surface area (Å²) in [4.78, 5) is 4.16. The van der Waals surface area contributed by atoms with E-state index in [0.29, 0.717) is 0 Å². The van der Waals surface area contributed by atoms with E-state index < -0.39 is 0 Å². The van der Waals surface area contributed by atoms with Gasteiger partial charge in [-0.15, -0.1) is 0 Å². The Morgan fingerprint density at radius 2 is 1.79 bits per heavy atom. The van der Waals surface area contributed by atoms with Crippen molar-refractivity contribution < 1.29 is 0 Å². The number of aromatic nitrogens is 3. The lowest BCUT2D eigenvalue weighted by Gasteiger charge is -2.09. The zero-order chi connectivity index (χ0) is 16.5. The second kappa shape index (κ2) is 6.29. The van der Waals surface area contributed by atoms with Crippen LogP contribution in [0.5, 0.6) is 0 Å². The molecule has 0 aliphatic carbocycles. The predicted molar refractivity (Wildman–Crippen MR) is 101 cm³/mol.